The Hall–Kier alpha value is -2.18. The van der Waals surface area contributed by atoms with Crippen LogP contribution in [-0.2, 0) is 10.7 Å². The number of halogens is 1. The Morgan fingerprint density at radius 2 is 2.09 bits per heavy atom. The highest BCUT2D eigenvalue weighted by Gasteiger charge is 2.15. The fraction of sp³-hybridized carbons (Fsp3) is 0.125. The highest BCUT2D eigenvalue weighted by molar-refractivity contribution is 8.15. The minimum Gasteiger partial charge on any atom is -0.303 e. The van der Waals surface area contributed by atoms with Gasteiger partial charge in [-0.1, -0.05) is 42.1 Å². The summed E-state index contributed by atoms with van der Waals surface area (Å²) in [5.41, 5.74) is 3.83. The predicted octanol–water partition coefficient (Wildman–Crippen LogP) is 3.04. The number of amides is 1. The van der Waals surface area contributed by atoms with Gasteiger partial charge in [0.15, 0.2) is 5.17 Å². The lowest BCUT2D eigenvalue weighted by molar-refractivity contribution is -0.116. The number of pyridine rings is 1. The molecular weight excluding hydrogens is 332 g/mol. The van der Waals surface area contributed by atoms with Crippen LogP contribution >= 0.6 is 23.4 Å². The first-order valence-corrected chi connectivity index (χ1v) is 8.41. The third kappa shape index (κ3) is 4.18. The van der Waals surface area contributed by atoms with Crippen molar-refractivity contribution in [2.75, 3.05) is 5.75 Å². The molecule has 0 atom stereocenters. The zero-order chi connectivity index (χ0) is 16.1. The van der Waals surface area contributed by atoms with Gasteiger partial charge in [-0.15, -0.1) is 16.7 Å². The van der Waals surface area contributed by atoms with Gasteiger partial charge in [0.2, 0.25) is 5.91 Å². The molecule has 23 heavy (non-hydrogen) atoms. The number of amidine groups is 1. The van der Waals surface area contributed by atoms with E-state index in [9.17, 15) is 4.79 Å². The van der Waals surface area contributed by atoms with Crippen molar-refractivity contribution in [3.63, 3.8) is 0 Å². The summed E-state index contributed by atoms with van der Waals surface area (Å²) in [6.07, 6.45) is 3.42. The van der Waals surface area contributed by atoms with E-state index >= 15 is 0 Å². The molecule has 1 fully saturated rings. The lowest BCUT2D eigenvalue weighted by atomic mass is 10.1. The van der Waals surface area contributed by atoms with E-state index in [1.54, 1.807) is 12.4 Å². The molecule has 116 valence electrons. The molecule has 0 unspecified atom stereocenters. The van der Waals surface area contributed by atoms with E-state index in [0.717, 1.165) is 22.4 Å². The first-order valence-electron chi connectivity index (χ1n) is 6.89. The van der Waals surface area contributed by atoms with Crippen molar-refractivity contribution in [2.24, 2.45) is 10.2 Å². The van der Waals surface area contributed by atoms with Crippen molar-refractivity contribution in [3.8, 4) is 11.3 Å². The average molecular weight is 345 g/mol. The van der Waals surface area contributed by atoms with Crippen LogP contribution in [0.3, 0.4) is 0 Å². The molecule has 2 heterocycles. The van der Waals surface area contributed by atoms with E-state index in [0.29, 0.717) is 16.8 Å². The van der Waals surface area contributed by atoms with Crippen LogP contribution in [0.4, 0.5) is 0 Å². The number of aromatic nitrogens is 1. The maximum Gasteiger partial charge on any atom is 0.236 e. The second-order valence-electron chi connectivity index (χ2n) is 4.79. The zero-order valence-electron chi connectivity index (χ0n) is 12.1. The molecule has 7 heteroatoms. The molecule has 0 radical (unpaired) electrons. The number of nitrogens with zero attached hydrogens (tertiary/aromatic N) is 3. The first kappa shape index (κ1) is 15.7. The fourth-order valence-electron chi connectivity index (χ4n) is 1.94. The number of carbonyl (C=O) groups is 1. The molecule has 0 spiro atoms. The van der Waals surface area contributed by atoms with E-state index in [1.165, 1.54) is 11.8 Å². The van der Waals surface area contributed by atoms with Gasteiger partial charge in [-0.05, 0) is 17.2 Å². The van der Waals surface area contributed by atoms with Crippen molar-refractivity contribution < 1.29 is 4.79 Å². The Morgan fingerprint density at radius 1 is 1.26 bits per heavy atom. The first-order chi connectivity index (χ1) is 11.2. The molecular formula is C16H13ClN4OS. The van der Waals surface area contributed by atoms with Crippen LogP contribution < -0.4 is 5.32 Å². The van der Waals surface area contributed by atoms with E-state index in [-0.39, 0.29) is 5.91 Å². The average Bonchev–Trinajstić information content (AvgIpc) is 3.01. The van der Waals surface area contributed by atoms with E-state index < -0.39 is 0 Å². The molecule has 0 saturated carbocycles. The summed E-state index contributed by atoms with van der Waals surface area (Å²) in [4.78, 5) is 15.4. The molecule has 1 saturated heterocycles. The van der Waals surface area contributed by atoms with E-state index in [2.05, 4.69) is 20.5 Å². The van der Waals surface area contributed by atoms with Crippen LogP contribution in [0.2, 0.25) is 0 Å². The maximum absolute atomic E-state index is 11.0. The standard InChI is InChI=1S/C16H13ClN4OS/c17-7-12-3-6-14(18-8-12)13-4-1-11(2-5-13)9-19-21-16-20-15(22)10-23-16/h1-6,8-9H,7,10H2,(H,20,21,22). The Bertz CT molecular complexity index is 757. The second kappa shape index (κ2) is 7.39. The van der Waals surface area contributed by atoms with Crippen LogP contribution in [0.15, 0.2) is 52.8 Å². The Morgan fingerprint density at radius 3 is 2.70 bits per heavy atom. The van der Waals surface area contributed by atoms with Crippen molar-refractivity contribution in [1.29, 1.82) is 0 Å². The van der Waals surface area contributed by atoms with Crippen LogP contribution in [0.1, 0.15) is 11.1 Å². The number of thioether (sulfide) groups is 1. The van der Waals surface area contributed by atoms with E-state index in [1.807, 2.05) is 36.4 Å². The molecule has 1 aromatic carbocycles. The van der Waals surface area contributed by atoms with Gasteiger partial charge >= 0.3 is 0 Å². The number of hydrogen-bond donors (Lipinski definition) is 1. The highest BCUT2D eigenvalue weighted by Crippen LogP contribution is 2.18. The summed E-state index contributed by atoms with van der Waals surface area (Å²) in [5, 5.41) is 11.1. The monoisotopic (exact) mass is 344 g/mol. The van der Waals surface area contributed by atoms with Gasteiger partial charge in [-0.3, -0.25) is 9.78 Å². The summed E-state index contributed by atoms with van der Waals surface area (Å²) in [6.45, 7) is 0. The number of hydrogen-bond acceptors (Lipinski definition) is 5. The number of alkyl halides is 1. The summed E-state index contributed by atoms with van der Waals surface area (Å²) < 4.78 is 0. The topological polar surface area (TPSA) is 66.7 Å². The molecule has 1 aliphatic rings. The summed E-state index contributed by atoms with van der Waals surface area (Å²) in [5.74, 6) is 0.823. The minimum atomic E-state index is -0.0408. The molecule has 0 aliphatic carbocycles. The van der Waals surface area contributed by atoms with Gasteiger partial charge in [0.1, 0.15) is 0 Å². The van der Waals surface area contributed by atoms with Gasteiger partial charge in [-0.2, -0.15) is 5.10 Å². The van der Waals surface area contributed by atoms with Gasteiger partial charge in [0.25, 0.3) is 0 Å². The lowest BCUT2D eigenvalue weighted by Crippen LogP contribution is -2.19. The molecule has 5 nitrogen and oxygen atoms in total. The maximum atomic E-state index is 11.0. The molecule has 1 amide bonds. The van der Waals surface area contributed by atoms with Crippen LogP contribution in [-0.4, -0.2) is 28.0 Å². The Kier molecular flexibility index (Phi) is 5.05. The Balaban J connectivity index is 1.68. The molecule has 1 aromatic heterocycles. The lowest BCUT2D eigenvalue weighted by Gasteiger charge is -2.02. The third-order valence-corrected chi connectivity index (χ3v) is 4.30. The second-order valence-corrected chi connectivity index (χ2v) is 6.03. The SMILES string of the molecule is O=C1CSC(=NN=Cc2ccc(-c3ccc(CCl)cn3)cc2)N1. The van der Waals surface area contributed by atoms with Gasteiger partial charge < -0.3 is 5.32 Å². The molecule has 2 aromatic rings. The molecule has 0 bridgehead atoms. The van der Waals surface area contributed by atoms with Crippen LogP contribution in [0.5, 0.6) is 0 Å². The molecule has 1 aliphatic heterocycles. The zero-order valence-corrected chi connectivity index (χ0v) is 13.6. The normalized spacial score (nSPS) is 16.2. The smallest absolute Gasteiger partial charge is 0.236 e. The fourth-order valence-corrected chi connectivity index (χ4v) is 2.73. The van der Waals surface area contributed by atoms with Gasteiger partial charge in [0, 0.05) is 17.6 Å². The third-order valence-electron chi connectivity index (χ3n) is 3.13. The largest absolute Gasteiger partial charge is 0.303 e. The summed E-state index contributed by atoms with van der Waals surface area (Å²) in [7, 11) is 0. The van der Waals surface area contributed by atoms with Crippen LogP contribution in [0.25, 0.3) is 11.3 Å². The number of benzene rings is 1. The van der Waals surface area contributed by atoms with Gasteiger partial charge in [-0.25, -0.2) is 0 Å². The summed E-state index contributed by atoms with van der Waals surface area (Å²) in [6, 6.07) is 11.8. The van der Waals surface area contributed by atoms with Gasteiger partial charge in [0.05, 0.1) is 17.7 Å². The quantitative estimate of drug-likeness (QED) is 0.526. The molecule has 3 rings (SSSR count). The predicted molar refractivity (Wildman–Crippen MR) is 94.9 cm³/mol. The number of rotatable bonds is 4. The van der Waals surface area contributed by atoms with Crippen molar-refractivity contribution in [2.45, 2.75) is 5.88 Å². The molecule has 1 N–H and O–H groups in total. The Labute approximate surface area is 142 Å². The van der Waals surface area contributed by atoms with Crippen molar-refractivity contribution >= 4 is 40.7 Å². The van der Waals surface area contributed by atoms with Crippen LogP contribution in [0, 0.1) is 0 Å². The number of carbonyl (C=O) groups excluding carboxylic acids is 1. The summed E-state index contributed by atoms with van der Waals surface area (Å²) >= 11 is 7.11. The number of nitrogens with one attached hydrogen (secondary N) is 1. The highest BCUT2D eigenvalue weighted by atomic mass is 35.5. The van der Waals surface area contributed by atoms with Crippen molar-refractivity contribution in [3.05, 3.63) is 53.7 Å². The minimum absolute atomic E-state index is 0.0408. The van der Waals surface area contributed by atoms with Crippen molar-refractivity contribution in [1.82, 2.24) is 10.3 Å². The van der Waals surface area contributed by atoms with E-state index in [4.69, 9.17) is 11.6 Å².